The Morgan fingerprint density at radius 3 is 2.39 bits per heavy atom. The molecule has 0 aliphatic carbocycles. The van der Waals surface area contributed by atoms with Crippen molar-refractivity contribution in [2.24, 2.45) is 0 Å². The molecular formula is C24H24FN3O3. The molecule has 0 spiro atoms. The molecule has 0 atom stereocenters. The Balaban J connectivity index is 1.82. The SMILES string of the molecule is CCN(CC)C(=O)COC(=O)/C=C/c1cn(-c2ccccc2)nc1-c1ccc(F)cc1. The molecule has 3 aromatic rings. The van der Waals surface area contributed by atoms with Crippen molar-refractivity contribution in [3.8, 4) is 16.9 Å². The van der Waals surface area contributed by atoms with Gasteiger partial charge >= 0.3 is 5.97 Å². The molecule has 2 aromatic carbocycles. The van der Waals surface area contributed by atoms with Crippen molar-refractivity contribution in [1.82, 2.24) is 14.7 Å². The van der Waals surface area contributed by atoms with Gasteiger partial charge in [-0.3, -0.25) is 4.79 Å². The summed E-state index contributed by atoms with van der Waals surface area (Å²) in [5, 5.41) is 4.61. The molecule has 3 rings (SSSR count). The van der Waals surface area contributed by atoms with E-state index in [9.17, 15) is 14.0 Å². The Bertz CT molecular complexity index is 1060. The zero-order valence-corrected chi connectivity index (χ0v) is 17.5. The predicted octanol–water partition coefficient (Wildman–Crippen LogP) is 4.10. The smallest absolute Gasteiger partial charge is 0.331 e. The highest BCUT2D eigenvalue weighted by molar-refractivity contribution is 5.90. The molecule has 1 amide bonds. The fourth-order valence-electron chi connectivity index (χ4n) is 3.06. The Kier molecular flexibility index (Phi) is 7.32. The Labute approximate surface area is 180 Å². The van der Waals surface area contributed by atoms with E-state index in [1.165, 1.54) is 18.2 Å². The minimum atomic E-state index is -0.627. The number of hydrogen-bond acceptors (Lipinski definition) is 4. The number of esters is 1. The first-order valence-electron chi connectivity index (χ1n) is 10.1. The summed E-state index contributed by atoms with van der Waals surface area (Å²) in [6.07, 6.45) is 4.61. The van der Waals surface area contributed by atoms with E-state index in [1.54, 1.807) is 34.0 Å². The van der Waals surface area contributed by atoms with E-state index in [2.05, 4.69) is 5.10 Å². The molecule has 31 heavy (non-hydrogen) atoms. The van der Waals surface area contributed by atoms with Gasteiger partial charge in [-0.15, -0.1) is 0 Å². The maximum Gasteiger partial charge on any atom is 0.331 e. The molecule has 0 fully saturated rings. The summed E-state index contributed by atoms with van der Waals surface area (Å²) in [5.74, 6) is -1.21. The topological polar surface area (TPSA) is 64.4 Å². The lowest BCUT2D eigenvalue weighted by Gasteiger charge is -2.17. The number of ether oxygens (including phenoxy) is 1. The van der Waals surface area contributed by atoms with Crippen LogP contribution in [0.3, 0.4) is 0 Å². The van der Waals surface area contributed by atoms with Gasteiger partial charge in [-0.05, 0) is 56.3 Å². The van der Waals surface area contributed by atoms with Crippen LogP contribution in [0.2, 0.25) is 0 Å². The van der Waals surface area contributed by atoms with Crippen LogP contribution in [0, 0.1) is 5.82 Å². The molecule has 0 unspecified atom stereocenters. The predicted molar refractivity (Wildman–Crippen MR) is 117 cm³/mol. The molecule has 0 saturated heterocycles. The molecule has 1 heterocycles. The number of halogens is 1. The zero-order chi connectivity index (χ0) is 22.2. The number of likely N-dealkylation sites (N-methyl/N-ethyl adjacent to an activating group) is 1. The zero-order valence-electron chi connectivity index (χ0n) is 17.5. The van der Waals surface area contributed by atoms with Gasteiger partial charge in [0.2, 0.25) is 0 Å². The van der Waals surface area contributed by atoms with Gasteiger partial charge in [0.1, 0.15) is 5.82 Å². The molecule has 0 bridgehead atoms. The van der Waals surface area contributed by atoms with Gasteiger partial charge < -0.3 is 9.64 Å². The van der Waals surface area contributed by atoms with Crippen LogP contribution < -0.4 is 0 Å². The van der Waals surface area contributed by atoms with Crippen LogP contribution >= 0.6 is 0 Å². The van der Waals surface area contributed by atoms with Crippen LogP contribution in [-0.4, -0.2) is 46.3 Å². The second-order valence-corrected chi connectivity index (χ2v) is 6.73. The molecule has 0 aliphatic heterocycles. The summed E-state index contributed by atoms with van der Waals surface area (Å²) in [6.45, 7) is 4.54. The van der Waals surface area contributed by atoms with Crippen molar-refractivity contribution in [1.29, 1.82) is 0 Å². The molecular weight excluding hydrogens is 397 g/mol. The minimum absolute atomic E-state index is 0.240. The molecule has 0 N–H and O–H groups in total. The average Bonchev–Trinajstić information content (AvgIpc) is 3.22. The number of carbonyl (C=O) groups is 2. The Morgan fingerprint density at radius 1 is 1.06 bits per heavy atom. The van der Waals surface area contributed by atoms with Crippen molar-refractivity contribution < 1.29 is 18.7 Å². The third kappa shape index (κ3) is 5.66. The van der Waals surface area contributed by atoms with E-state index >= 15 is 0 Å². The maximum atomic E-state index is 13.4. The van der Waals surface area contributed by atoms with Crippen molar-refractivity contribution in [2.45, 2.75) is 13.8 Å². The van der Waals surface area contributed by atoms with Gasteiger partial charge in [0.25, 0.3) is 5.91 Å². The lowest BCUT2D eigenvalue weighted by molar-refractivity contribution is -0.147. The summed E-state index contributed by atoms with van der Waals surface area (Å²) in [6, 6.07) is 15.5. The number of para-hydroxylation sites is 1. The standard InChI is InChI=1S/C24H24FN3O3/c1-3-27(4-2)22(29)17-31-23(30)15-12-19-16-28(21-8-6-5-7-9-21)26-24(19)18-10-13-20(25)14-11-18/h5-16H,3-4,17H2,1-2H3/b15-12+. The molecule has 1 aromatic heterocycles. The molecule has 160 valence electrons. The van der Waals surface area contributed by atoms with E-state index in [0.29, 0.717) is 29.9 Å². The lowest BCUT2D eigenvalue weighted by atomic mass is 10.1. The second kappa shape index (κ2) is 10.3. The van der Waals surface area contributed by atoms with Crippen molar-refractivity contribution in [2.75, 3.05) is 19.7 Å². The molecule has 0 saturated carbocycles. The Hall–Kier alpha value is -3.74. The number of hydrogen-bond donors (Lipinski definition) is 0. The normalized spacial score (nSPS) is 10.9. The van der Waals surface area contributed by atoms with Crippen LogP contribution in [0.4, 0.5) is 4.39 Å². The number of carbonyl (C=O) groups excluding carboxylic acids is 2. The molecule has 7 heteroatoms. The minimum Gasteiger partial charge on any atom is -0.452 e. The first-order chi connectivity index (χ1) is 15.0. The summed E-state index contributed by atoms with van der Waals surface area (Å²) >= 11 is 0. The second-order valence-electron chi connectivity index (χ2n) is 6.73. The number of aromatic nitrogens is 2. The molecule has 0 radical (unpaired) electrons. The van der Waals surface area contributed by atoms with Crippen molar-refractivity contribution in [3.63, 3.8) is 0 Å². The highest BCUT2D eigenvalue weighted by Gasteiger charge is 2.13. The van der Waals surface area contributed by atoms with Crippen LogP contribution in [0.25, 0.3) is 23.0 Å². The van der Waals surface area contributed by atoms with Crippen LogP contribution in [0.1, 0.15) is 19.4 Å². The van der Waals surface area contributed by atoms with Gasteiger partial charge in [-0.2, -0.15) is 5.10 Å². The van der Waals surface area contributed by atoms with Crippen LogP contribution in [0.15, 0.2) is 66.9 Å². The number of amides is 1. The quantitative estimate of drug-likeness (QED) is 0.406. The van der Waals surface area contributed by atoms with E-state index in [-0.39, 0.29) is 18.3 Å². The van der Waals surface area contributed by atoms with E-state index < -0.39 is 5.97 Å². The van der Waals surface area contributed by atoms with Gasteiger partial charge in [0.15, 0.2) is 6.61 Å². The first kappa shape index (κ1) is 22.0. The van der Waals surface area contributed by atoms with Crippen molar-refractivity contribution in [3.05, 3.63) is 78.3 Å². The van der Waals surface area contributed by atoms with E-state index in [0.717, 1.165) is 5.69 Å². The highest BCUT2D eigenvalue weighted by atomic mass is 19.1. The van der Waals surface area contributed by atoms with E-state index in [1.807, 2.05) is 44.2 Å². The summed E-state index contributed by atoms with van der Waals surface area (Å²) < 4.78 is 20.1. The van der Waals surface area contributed by atoms with Gasteiger partial charge in [0, 0.05) is 36.5 Å². The first-order valence-corrected chi connectivity index (χ1v) is 10.1. The third-order valence-electron chi connectivity index (χ3n) is 4.73. The fraction of sp³-hybridized carbons (Fsp3) is 0.208. The summed E-state index contributed by atoms with van der Waals surface area (Å²) in [5.41, 5.74) is 2.80. The largest absolute Gasteiger partial charge is 0.452 e. The highest BCUT2D eigenvalue weighted by Crippen LogP contribution is 2.25. The lowest BCUT2D eigenvalue weighted by Crippen LogP contribution is -2.34. The van der Waals surface area contributed by atoms with E-state index in [4.69, 9.17) is 4.74 Å². The number of benzene rings is 2. The number of nitrogens with zero attached hydrogens (tertiary/aromatic N) is 3. The summed E-state index contributed by atoms with van der Waals surface area (Å²) in [7, 11) is 0. The van der Waals surface area contributed by atoms with Crippen molar-refractivity contribution >= 4 is 18.0 Å². The third-order valence-corrected chi connectivity index (χ3v) is 4.73. The van der Waals surface area contributed by atoms with Gasteiger partial charge in [-0.1, -0.05) is 18.2 Å². The number of rotatable bonds is 8. The summed E-state index contributed by atoms with van der Waals surface area (Å²) in [4.78, 5) is 25.7. The van der Waals surface area contributed by atoms with Gasteiger partial charge in [-0.25, -0.2) is 13.9 Å². The monoisotopic (exact) mass is 421 g/mol. The molecule has 0 aliphatic rings. The fourth-order valence-corrected chi connectivity index (χ4v) is 3.06. The van der Waals surface area contributed by atoms with Crippen LogP contribution in [0.5, 0.6) is 0 Å². The molecule has 6 nitrogen and oxygen atoms in total. The maximum absolute atomic E-state index is 13.4. The average molecular weight is 421 g/mol. The van der Waals surface area contributed by atoms with Crippen LogP contribution in [-0.2, 0) is 14.3 Å². The Morgan fingerprint density at radius 2 is 1.74 bits per heavy atom. The van der Waals surface area contributed by atoms with Gasteiger partial charge in [0.05, 0.1) is 11.4 Å².